The van der Waals surface area contributed by atoms with E-state index >= 15 is 0 Å². The fourth-order valence-corrected chi connectivity index (χ4v) is 1.75. The average Bonchev–Trinajstić information content (AvgIpc) is 2.81. The van der Waals surface area contributed by atoms with Crippen LogP contribution >= 0.6 is 11.6 Å². The first-order chi connectivity index (χ1) is 9.31. The Morgan fingerprint density at radius 3 is 2.55 bits per heavy atom. The van der Waals surface area contributed by atoms with E-state index < -0.39 is 0 Å². The lowest BCUT2D eigenvalue weighted by Crippen LogP contribution is -2.17. The van der Waals surface area contributed by atoms with Crippen molar-refractivity contribution in [3.63, 3.8) is 0 Å². The molecule has 0 radical (unpaired) electrons. The monoisotopic (exact) mass is 294 g/mol. The van der Waals surface area contributed by atoms with Crippen molar-refractivity contribution in [2.45, 2.75) is 46.6 Å². The Labute approximate surface area is 124 Å². The summed E-state index contributed by atoms with van der Waals surface area (Å²) >= 11 is 6.17. The highest BCUT2D eigenvalue weighted by atomic mass is 35.5. The Morgan fingerprint density at radius 2 is 2.00 bits per heavy atom. The van der Waals surface area contributed by atoms with Crippen molar-refractivity contribution >= 4 is 11.6 Å². The van der Waals surface area contributed by atoms with Gasteiger partial charge in [0.2, 0.25) is 5.88 Å². The Hall–Kier alpha value is -1.62. The summed E-state index contributed by atoms with van der Waals surface area (Å²) in [6.45, 7) is 10.8. The van der Waals surface area contributed by atoms with Crippen molar-refractivity contribution in [1.82, 2.24) is 19.7 Å². The van der Waals surface area contributed by atoms with Gasteiger partial charge in [-0.2, -0.15) is 10.1 Å². The van der Waals surface area contributed by atoms with Crippen LogP contribution in [0.1, 0.15) is 39.1 Å². The van der Waals surface area contributed by atoms with E-state index in [9.17, 15) is 0 Å². The van der Waals surface area contributed by atoms with Gasteiger partial charge in [0, 0.05) is 17.5 Å². The average molecular weight is 295 g/mol. The quantitative estimate of drug-likeness (QED) is 0.809. The summed E-state index contributed by atoms with van der Waals surface area (Å²) in [5.74, 6) is 1.78. The maximum atomic E-state index is 6.17. The van der Waals surface area contributed by atoms with Gasteiger partial charge in [-0.1, -0.05) is 32.4 Å². The van der Waals surface area contributed by atoms with Gasteiger partial charge in [0.1, 0.15) is 11.0 Å². The molecule has 0 aromatic carbocycles. The van der Waals surface area contributed by atoms with Gasteiger partial charge in [0.25, 0.3) is 0 Å². The topological polar surface area (TPSA) is 52.8 Å². The predicted molar refractivity (Wildman–Crippen MR) is 78.5 cm³/mol. The van der Waals surface area contributed by atoms with E-state index in [0.29, 0.717) is 22.6 Å². The second kappa shape index (κ2) is 5.40. The summed E-state index contributed by atoms with van der Waals surface area (Å²) in [6.07, 6.45) is 3.49. The van der Waals surface area contributed by atoms with Crippen LogP contribution in [0.2, 0.25) is 5.15 Å². The zero-order valence-corrected chi connectivity index (χ0v) is 13.2. The van der Waals surface area contributed by atoms with E-state index in [-0.39, 0.29) is 5.41 Å². The third kappa shape index (κ3) is 3.10. The molecule has 0 aliphatic carbocycles. The van der Waals surface area contributed by atoms with E-state index in [4.69, 9.17) is 16.3 Å². The summed E-state index contributed by atoms with van der Waals surface area (Å²) in [6, 6.07) is 0. The van der Waals surface area contributed by atoms with Gasteiger partial charge in [0.15, 0.2) is 5.75 Å². The zero-order valence-electron chi connectivity index (χ0n) is 12.4. The van der Waals surface area contributed by atoms with Gasteiger partial charge < -0.3 is 4.74 Å². The molecule has 0 N–H and O–H groups in total. The van der Waals surface area contributed by atoms with E-state index in [1.54, 1.807) is 10.9 Å². The lowest BCUT2D eigenvalue weighted by Gasteiger charge is -2.18. The molecule has 6 heteroatoms. The van der Waals surface area contributed by atoms with Crippen LogP contribution in [-0.4, -0.2) is 19.7 Å². The number of nitrogens with zero attached hydrogens (tertiary/aromatic N) is 4. The molecule has 0 aliphatic rings. The molecule has 0 unspecified atom stereocenters. The second-order valence-corrected chi connectivity index (χ2v) is 6.01. The maximum Gasteiger partial charge on any atom is 0.227 e. The van der Waals surface area contributed by atoms with Gasteiger partial charge in [-0.3, -0.25) is 4.68 Å². The molecule has 0 saturated carbocycles. The Balaban J connectivity index is 2.37. The lowest BCUT2D eigenvalue weighted by molar-refractivity contribution is 0.441. The van der Waals surface area contributed by atoms with Crippen LogP contribution in [-0.2, 0) is 12.0 Å². The van der Waals surface area contributed by atoms with Crippen molar-refractivity contribution in [2.75, 3.05) is 0 Å². The molecule has 2 heterocycles. The summed E-state index contributed by atoms with van der Waals surface area (Å²) in [5, 5.41) is 4.59. The van der Waals surface area contributed by atoms with E-state index in [2.05, 4.69) is 15.1 Å². The van der Waals surface area contributed by atoms with Crippen LogP contribution in [0.4, 0.5) is 0 Å². The Bertz CT molecular complexity index is 616. The third-order valence-corrected chi connectivity index (χ3v) is 3.23. The minimum atomic E-state index is -0.191. The molecule has 0 amide bonds. The molecule has 2 aromatic heterocycles. The maximum absolute atomic E-state index is 6.17. The second-order valence-electron chi connectivity index (χ2n) is 5.65. The van der Waals surface area contributed by atoms with Gasteiger partial charge >= 0.3 is 0 Å². The molecule has 2 rings (SSSR count). The highest BCUT2D eigenvalue weighted by molar-refractivity contribution is 6.30. The van der Waals surface area contributed by atoms with Crippen LogP contribution in [0.3, 0.4) is 0 Å². The molecular weight excluding hydrogens is 276 g/mol. The first kappa shape index (κ1) is 14.8. The smallest absolute Gasteiger partial charge is 0.227 e. The van der Waals surface area contributed by atoms with Crippen LogP contribution in [0.25, 0.3) is 0 Å². The fourth-order valence-electron chi connectivity index (χ4n) is 1.59. The predicted octanol–water partition coefficient (Wildman–Crippen LogP) is 3.74. The molecule has 20 heavy (non-hydrogen) atoms. The number of rotatable bonds is 3. The largest absolute Gasteiger partial charge is 0.435 e. The van der Waals surface area contributed by atoms with Gasteiger partial charge in [-0.05, 0) is 13.8 Å². The minimum Gasteiger partial charge on any atom is -0.435 e. The Kier molecular flexibility index (Phi) is 3.99. The SMILES string of the molecule is CCn1cc(Oc2nc(C(C)(C)C)nc(Cl)c2C)cn1. The van der Waals surface area contributed by atoms with Crippen molar-refractivity contribution < 1.29 is 4.74 Å². The molecule has 0 saturated heterocycles. The molecule has 0 bridgehead atoms. The molecule has 0 atom stereocenters. The number of hydrogen-bond acceptors (Lipinski definition) is 4. The fraction of sp³-hybridized carbons (Fsp3) is 0.500. The van der Waals surface area contributed by atoms with Crippen LogP contribution < -0.4 is 4.74 Å². The first-order valence-corrected chi connectivity index (χ1v) is 6.94. The highest BCUT2D eigenvalue weighted by Gasteiger charge is 2.21. The number of aromatic nitrogens is 4. The molecule has 108 valence electrons. The number of hydrogen-bond donors (Lipinski definition) is 0. The normalized spacial score (nSPS) is 11.7. The van der Waals surface area contributed by atoms with Gasteiger partial charge in [-0.25, -0.2) is 4.98 Å². The number of halogens is 1. The van der Waals surface area contributed by atoms with Crippen molar-refractivity contribution in [2.24, 2.45) is 0 Å². The van der Waals surface area contributed by atoms with Gasteiger partial charge in [0.05, 0.1) is 12.4 Å². The molecule has 2 aromatic rings. The minimum absolute atomic E-state index is 0.191. The van der Waals surface area contributed by atoms with E-state index in [1.165, 1.54) is 0 Å². The molecule has 0 fully saturated rings. The molecule has 5 nitrogen and oxygen atoms in total. The van der Waals surface area contributed by atoms with E-state index in [1.807, 2.05) is 40.8 Å². The summed E-state index contributed by atoms with van der Waals surface area (Å²) < 4.78 is 7.58. The Morgan fingerprint density at radius 1 is 1.30 bits per heavy atom. The number of aryl methyl sites for hydroxylation is 1. The number of ether oxygens (including phenoxy) is 1. The van der Waals surface area contributed by atoms with Gasteiger partial charge in [-0.15, -0.1) is 0 Å². The molecular formula is C14H19ClN4O. The van der Waals surface area contributed by atoms with Crippen molar-refractivity contribution in [3.05, 3.63) is 28.9 Å². The van der Waals surface area contributed by atoms with Crippen LogP contribution in [0.15, 0.2) is 12.4 Å². The van der Waals surface area contributed by atoms with E-state index in [0.717, 1.165) is 12.1 Å². The lowest BCUT2D eigenvalue weighted by atomic mass is 9.96. The zero-order chi connectivity index (χ0) is 14.9. The standard InChI is InChI=1S/C14H19ClN4O/c1-6-19-8-10(7-16-19)20-12-9(2)11(15)17-13(18-12)14(3,4)5/h7-8H,6H2,1-5H3. The summed E-state index contributed by atoms with van der Waals surface area (Å²) in [5.41, 5.74) is 0.534. The molecule has 0 spiro atoms. The van der Waals surface area contributed by atoms with Crippen LogP contribution in [0.5, 0.6) is 11.6 Å². The summed E-state index contributed by atoms with van der Waals surface area (Å²) in [7, 11) is 0. The van der Waals surface area contributed by atoms with Crippen molar-refractivity contribution in [1.29, 1.82) is 0 Å². The summed E-state index contributed by atoms with van der Waals surface area (Å²) in [4.78, 5) is 8.80. The first-order valence-electron chi connectivity index (χ1n) is 6.56. The van der Waals surface area contributed by atoms with Crippen molar-refractivity contribution in [3.8, 4) is 11.6 Å². The highest BCUT2D eigenvalue weighted by Crippen LogP contribution is 2.30. The molecule has 0 aliphatic heterocycles. The third-order valence-electron chi connectivity index (χ3n) is 2.86. The van der Waals surface area contributed by atoms with Crippen LogP contribution in [0, 0.1) is 6.92 Å².